The van der Waals surface area contributed by atoms with Crippen LogP contribution in [0.25, 0.3) is 0 Å². The second-order valence-electron chi connectivity index (χ2n) is 6.24. The molecule has 3 aromatic rings. The molecule has 0 unspecified atom stereocenters. The molecule has 0 aliphatic heterocycles. The van der Waals surface area contributed by atoms with Gasteiger partial charge in [-0.2, -0.15) is 0 Å². The Morgan fingerprint density at radius 3 is 1.93 bits per heavy atom. The van der Waals surface area contributed by atoms with Crippen molar-refractivity contribution < 1.29 is 13.3 Å². The molecule has 0 bridgehead atoms. The molecule has 3 N–H and O–H groups in total. The van der Waals surface area contributed by atoms with E-state index in [1.807, 2.05) is 60.7 Å². The van der Waals surface area contributed by atoms with Crippen molar-refractivity contribution >= 4 is 21.4 Å². The number of nitrogens with zero attached hydrogens (tertiary/aromatic N) is 1. The monoisotopic (exact) mass is 397 g/mol. The first-order chi connectivity index (χ1) is 13.4. The summed E-state index contributed by atoms with van der Waals surface area (Å²) in [6, 6.07) is 23.2. The number of nitro benzene ring substituents is 1. The maximum absolute atomic E-state index is 11.5. The van der Waals surface area contributed by atoms with E-state index < -0.39 is 14.9 Å². The summed E-state index contributed by atoms with van der Waals surface area (Å²) < 4.78 is 23.0. The van der Waals surface area contributed by atoms with Crippen LogP contribution < -0.4 is 10.5 Å². The highest BCUT2D eigenvalue weighted by molar-refractivity contribution is 7.89. The first kappa shape index (κ1) is 19.5. The highest BCUT2D eigenvalue weighted by Gasteiger charge is 2.21. The lowest BCUT2D eigenvalue weighted by atomic mass is 9.91. The molecule has 3 rings (SSSR count). The van der Waals surface area contributed by atoms with E-state index in [0.717, 1.165) is 17.2 Å². The van der Waals surface area contributed by atoms with Crippen LogP contribution in [0.2, 0.25) is 0 Å². The molecule has 3 aromatic carbocycles. The summed E-state index contributed by atoms with van der Waals surface area (Å²) in [5.74, 6) is -0.0417. The minimum atomic E-state index is -4.03. The van der Waals surface area contributed by atoms with Gasteiger partial charge < -0.3 is 5.32 Å². The third-order valence-electron chi connectivity index (χ3n) is 4.39. The Morgan fingerprint density at radius 2 is 1.46 bits per heavy atom. The zero-order valence-corrected chi connectivity index (χ0v) is 15.7. The molecule has 0 aromatic heterocycles. The topological polar surface area (TPSA) is 115 Å². The van der Waals surface area contributed by atoms with E-state index in [-0.39, 0.29) is 22.2 Å². The van der Waals surface area contributed by atoms with Crippen LogP contribution in [-0.4, -0.2) is 19.9 Å². The van der Waals surface area contributed by atoms with E-state index in [1.54, 1.807) is 0 Å². The van der Waals surface area contributed by atoms with Gasteiger partial charge in [-0.25, -0.2) is 13.6 Å². The highest BCUT2D eigenvalue weighted by Crippen LogP contribution is 2.30. The lowest BCUT2D eigenvalue weighted by molar-refractivity contribution is -0.384. The van der Waals surface area contributed by atoms with Crippen molar-refractivity contribution in [3.8, 4) is 0 Å². The smallest absolute Gasteiger partial charge is 0.293 e. The van der Waals surface area contributed by atoms with E-state index >= 15 is 0 Å². The van der Waals surface area contributed by atoms with Crippen LogP contribution in [0.15, 0.2) is 83.8 Å². The molecular formula is C20H19N3O4S. The minimum Gasteiger partial charge on any atom is -0.379 e. The van der Waals surface area contributed by atoms with Gasteiger partial charge in [0.1, 0.15) is 5.69 Å². The van der Waals surface area contributed by atoms with Gasteiger partial charge >= 0.3 is 0 Å². The van der Waals surface area contributed by atoms with Crippen molar-refractivity contribution in [2.24, 2.45) is 5.14 Å². The van der Waals surface area contributed by atoms with E-state index in [2.05, 4.69) is 5.32 Å². The van der Waals surface area contributed by atoms with Crippen molar-refractivity contribution in [1.29, 1.82) is 0 Å². The third-order valence-corrected chi connectivity index (χ3v) is 5.31. The Bertz CT molecular complexity index is 1030. The molecule has 0 aliphatic carbocycles. The summed E-state index contributed by atoms with van der Waals surface area (Å²) in [5, 5.41) is 19.6. The number of hydrogen-bond donors (Lipinski definition) is 2. The van der Waals surface area contributed by atoms with Crippen LogP contribution in [0.5, 0.6) is 0 Å². The van der Waals surface area contributed by atoms with Crippen LogP contribution in [-0.2, 0) is 10.0 Å². The normalized spacial score (nSPS) is 11.4. The average Bonchev–Trinajstić information content (AvgIpc) is 2.69. The van der Waals surface area contributed by atoms with Crippen molar-refractivity contribution in [2.45, 2.75) is 10.8 Å². The summed E-state index contributed by atoms with van der Waals surface area (Å²) in [6.45, 7) is 0.392. The summed E-state index contributed by atoms with van der Waals surface area (Å²) >= 11 is 0. The first-order valence-corrected chi connectivity index (χ1v) is 10.1. The maximum Gasteiger partial charge on any atom is 0.293 e. The minimum absolute atomic E-state index is 0.0417. The molecule has 0 fully saturated rings. The summed E-state index contributed by atoms with van der Waals surface area (Å²) in [7, 11) is -4.03. The number of nitrogens with one attached hydrogen (secondary N) is 1. The fraction of sp³-hybridized carbons (Fsp3) is 0.100. The molecular weight excluding hydrogens is 378 g/mol. The number of nitro groups is 1. The van der Waals surface area contributed by atoms with Gasteiger partial charge in [-0.15, -0.1) is 0 Å². The third kappa shape index (κ3) is 4.54. The van der Waals surface area contributed by atoms with Gasteiger partial charge in [-0.05, 0) is 23.3 Å². The van der Waals surface area contributed by atoms with Crippen molar-refractivity contribution in [3.63, 3.8) is 0 Å². The second-order valence-corrected chi connectivity index (χ2v) is 7.80. The molecule has 144 valence electrons. The molecule has 7 nitrogen and oxygen atoms in total. The number of benzene rings is 3. The molecule has 8 heteroatoms. The van der Waals surface area contributed by atoms with E-state index in [4.69, 9.17) is 5.14 Å². The fourth-order valence-corrected chi connectivity index (χ4v) is 3.53. The Hall–Kier alpha value is -3.23. The molecule has 0 saturated heterocycles. The van der Waals surface area contributed by atoms with Gasteiger partial charge in [0.15, 0.2) is 0 Å². The van der Waals surface area contributed by atoms with Gasteiger partial charge in [-0.1, -0.05) is 60.7 Å². The zero-order valence-electron chi connectivity index (χ0n) is 14.9. The number of primary sulfonamides is 1. The molecule has 0 aliphatic rings. The Labute approximate surface area is 163 Å². The van der Waals surface area contributed by atoms with Gasteiger partial charge in [0.2, 0.25) is 10.0 Å². The molecule has 0 spiro atoms. The van der Waals surface area contributed by atoms with Crippen LogP contribution in [0.3, 0.4) is 0 Å². The van der Waals surface area contributed by atoms with Gasteiger partial charge in [-0.3, -0.25) is 10.1 Å². The van der Waals surface area contributed by atoms with Crippen molar-refractivity contribution in [3.05, 3.63) is 100 Å². The Kier molecular flexibility index (Phi) is 5.72. The van der Waals surface area contributed by atoms with Crippen LogP contribution in [0.4, 0.5) is 11.4 Å². The first-order valence-electron chi connectivity index (χ1n) is 8.51. The van der Waals surface area contributed by atoms with Gasteiger partial charge in [0, 0.05) is 18.5 Å². The molecule has 0 amide bonds. The number of nitrogens with two attached hydrogens (primary N) is 1. The summed E-state index contributed by atoms with van der Waals surface area (Å²) in [6.07, 6.45) is 0. The van der Waals surface area contributed by atoms with Crippen molar-refractivity contribution in [2.75, 3.05) is 11.9 Å². The lowest BCUT2D eigenvalue weighted by Gasteiger charge is -2.19. The standard InChI is InChI=1S/C20H19N3O4S/c21-28(26,27)17-11-12-19(20(13-17)23(24)25)22-14-18(15-7-3-1-4-8-15)16-9-5-2-6-10-16/h1-13,18,22H,14H2,(H2,21,26,27). The number of sulfonamides is 1. The largest absolute Gasteiger partial charge is 0.379 e. The predicted octanol–water partition coefficient (Wildman–Crippen LogP) is 3.49. The Morgan fingerprint density at radius 1 is 0.929 bits per heavy atom. The highest BCUT2D eigenvalue weighted by atomic mass is 32.2. The molecule has 0 atom stereocenters. The van der Waals surface area contributed by atoms with E-state index in [0.29, 0.717) is 6.54 Å². The SMILES string of the molecule is NS(=O)(=O)c1ccc(NCC(c2ccccc2)c2ccccc2)c([N+](=O)[O-])c1. The molecule has 0 saturated carbocycles. The van der Waals surface area contributed by atoms with Crippen LogP contribution in [0.1, 0.15) is 17.0 Å². The predicted molar refractivity (Wildman–Crippen MR) is 108 cm³/mol. The fourth-order valence-electron chi connectivity index (χ4n) is 3.00. The van der Waals surface area contributed by atoms with Gasteiger partial charge in [0.25, 0.3) is 5.69 Å². The molecule has 0 radical (unpaired) electrons. The van der Waals surface area contributed by atoms with E-state index in [1.165, 1.54) is 12.1 Å². The Balaban J connectivity index is 1.93. The summed E-state index contributed by atoms with van der Waals surface area (Å²) in [4.78, 5) is 10.5. The second kappa shape index (κ2) is 8.20. The lowest BCUT2D eigenvalue weighted by Crippen LogP contribution is -2.16. The maximum atomic E-state index is 11.5. The van der Waals surface area contributed by atoms with Crippen molar-refractivity contribution in [1.82, 2.24) is 0 Å². The number of hydrogen-bond acceptors (Lipinski definition) is 5. The number of rotatable bonds is 7. The number of anilines is 1. The molecule has 28 heavy (non-hydrogen) atoms. The van der Waals surface area contributed by atoms with Crippen LogP contribution >= 0.6 is 0 Å². The van der Waals surface area contributed by atoms with Gasteiger partial charge in [0.05, 0.1) is 9.82 Å². The van der Waals surface area contributed by atoms with E-state index in [9.17, 15) is 18.5 Å². The van der Waals surface area contributed by atoms with Crippen LogP contribution in [0, 0.1) is 10.1 Å². The quantitative estimate of drug-likeness (QED) is 0.468. The zero-order chi connectivity index (χ0) is 20.1. The molecule has 0 heterocycles. The summed E-state index contributed by atoms with van der Waals surface area (Å²) in [5.41, 5.74) is 2.01. The average molecular weight is 397 g/mol.